The van der Waals surface area contributed by atoms with Gasteiger partial charge in [-0.1, -0.05) is 0 Å². The van der Waals surface area contributed by atoms with Crippen LogP contribution in [0.2, 0.25) is 0 Å². The van der Waals surface area contributed by atoms with E-state index in [1.165, 1.54) is 14.2 Å². The molecule has 158 valence electrons. The fourth-order valence-electron chi connectivity index (χ4n) is 3.69. The number of methoxy groups -OCH3 is 2. The van der Waals surface area contributed by atoms with Crippen LogP contribution in [0.25, 0.3) is 21.9 Å². The first-order valence-corrected chi connectivity index (χ1v) is 9.82. The summed E-state index contributed by atoms with van der Waals surface area (Å²) in [5.74, 6) is 0.811. The average molecular weight is 411 g/mol. The Morgan fingerprint density at radius 1 is 1.07 bits per heavy atom. The van der Waals surface area contributed by atoms with Gasteiger partial charge in [0.1, 0.15) is 28.1 Å². The third-order valence-electron chi connectivity index (χ3n) is 5.41. The SMILES string of the molecule is COc1cc(OC)c2c(=O)c3cc(NC(=O)CN4CCN(C)CC4)ccc3oc2c1. The summed E-state index contributed by atoms with van der Waals surface area (Å²) in [5, 5.41) is 3.61. The van der Waals surface area contributed by atoms with E-state index >= 15 is 0 Å². The smallest absolute Gasteiger partial charge is 0.238 e. The Morgan fingerprint density at radius 2 is 1.83 bits per heavy atom. The second-order valence-corrected chi connectivity index (χ2v) is 7.47. The van der Waals surface area contributed by atoms with Gasteiger partial charge in [0.2, 0.25) is 11.3 Å². The van der Waals surface area contributed by atoms with Crippen molar-refractivity contribution < 1.29 is 18.7 Å². The molecule has 0 bridgehead atoms. The maximum atomic E-state index is 13.1. The van der Waals surface area contributed by atoms with E-state index in [0.717, 1.165) is 26.2 Å². The quantitative estimate of drug-likeness (QED) is 0.644. The number of benzene rings is 2. The lowest BCUT2D eigenvalue weighted by Crippen LogP contribution is -2.47. The molecule has 0 spiro atoms. The molecule has 1 aromatic heterocycles. The minimum absolute atomic E-state index is 0.105. The van der Waals surface area contributed by atoms with E-state index in [2.05, 4.69) is 22.2 Å². The van der Waals surface area contributed by atoms with Crippen LogP contribution >= 0.6 is 0 Å². The van der Waals surface area contributed by atoms with Crippen LogP contribution in [0, 0.1) is 0 Å². The van der Waals surface area contributed by atoms with Gasteiger partial charge in [0.05, 0.1) is 26.2 Å². The average Bonchev–Trinajstić information content (AvgIpc) is 2.75. The molecule has 1 aliphatic heterocycles. The summed E-state index contributed by atoms with van der Waals surface area (Å²) < 4.78 is 16.5. The Bertz CT molecular complexity index is 1150. The van der Waals surface area contributed by atoms with E-state index < -0.39 is 0 Å². The minimum Gasteiger partial charge on any atom is -0.496 e. The summed E-state index contributed by atoms with van der Waals surface area (Å²) in [6.45, 7) is 3.95. The lowest BCUT2D eigenvalue weighted by atomic mass is 10.1. The lowest BCUT2D eigenvalue weighted by Gasteiger charge is -2.31. The number of nitrogens with zero attached hydrogens (tertiary/aromatic N) is 2. The molecule has 0 radical (unpaired) electrons. The molecule has 0 unspecified atom stereocenters. The fourth-order valence-corrected chi connectivity index (χ4v) is 3.69. The molecule has 1 N–H and O–H groups in total. The first-order chi connectivity index (χ1) is 14.5. The van der Waals surface area contributed by atoms with Crippen molar-refractivity contribution in [3.63, 3.8) is 0 Å². The lowest BCUT2D eigenvalue weighted by molar-refractivity contribution is -0.117. The van der Waals surface area contributed by atoms with Crippen molar-refractivity contribution in [1.29, 1.82) is 0 Å². The number of rotatable bonds is 5. The molecule has 30 heavy (non-hydrogen) atoms. The monoisotopic (exact) mass is 411 g/mol. The Morgan fingerprint density at radius 3 is 2.53 bits per heavy atom. The Labute approximate surface area is 173 Å². The second-order valence-electron chi connectivity index (χ2n) is 7.47. The molecule has 1 aliphatic rings. The summed E-state index contributed by atoms with van der Waals surface area (Å²) in [6, 6.07) is 8.37. The summed E-state index contributed by atoms with van der Waals surface area (Å²) in [6.07, 6.45) is 0. The molecular formula is C22H25N3O5. The summed E-state index contributed by atoms with van der Waals surface area (Å²) in [4.78, 5) is 30.0. The topological polar surface area (TPSA) is 84.2 Å². The van der Waals surface area contributed by atoms with Crippen molar-refractivity contribution in [1.82, 2.24) is 9.80 Å². The molecule has 2 aromatic carbocycles. The standard InChI is InChI=1S/C22H25N3O5/c1-24-6-8-25(9-7-24)13-20(26)23-14-4-5-17-16(10-14)22(27)21-18(29-3)11-15(28-2)12-19(21)30-17/h4-5,10-12H,6-9,13H2,1-3H3,(H,23,26). The van der Waals surface area contributed by atoms with Crippen molar-refractivity contribution in [2.24, 2.45) is 0 Å². The van der Waals surface area contributed by atoms with Gasteiger partial charge in [-0.3, -0.25) is 14.5 Å². The maximum absolute atomic E-state index is 13.1. The molecule has 8 nitrogen and oxygen atoms in total. The Hall–Kier alpha value is -3.10. The molecular weight excluding hydrogens is 386 g/mol. The number of carbonyl (C=O) groups is 1. The molecule has 0 atom stereocenters. The largest absolute Gasteiger partial charge is 0.496 e. The number of nitrogens with one attached hydrogen (secondary N) is 1. The molecule has 0 saturated carbocycles. The van der Waals surface area contributed by atoms with E-state index in [1.54, 1.807) is 30.3 Å². The number of ether oxygens (including phenoxy) is 2. The normalized spacial score (nSPS) is 15.4. The van der Waals surface area contributed by atoms with E-state index in [-0.39, 0.29) is 11.3 Å². The second kappa shape index (κ2) is 8.33. The van der Waals surface area contributed by atoms with Crippen LogP contribution in [0.5, 0.6) is 11.5 Å². The zero-order valence-corrected chi connectivity index (χ0v) is 17.4. The molecule has 1 fully saturated rings. The first kappa shape index (κ1) is 20.2. The first-order valence-electron chi connectivity index (χ1n) is 9.82. The number of piperazine rings is 1. The molecule has 0 aliphatic carbocycles. The fraction of sp³-hybridized carbons (Fsp3) is 0.364. The van der Waals surface area contributed by atoms with Gasteiger partial charge in [-0.05, 0) is 25.2 Å². The zero-order valence-electron chi connectivity index (χ0n) is 17.4. The van der Waals surface area contributed by atoms with Gasteiger partial charge in [0.15, 0.2) is 0 Å². The third kappa shape index (κ3) is 3.96. The number of anilines is 1. The number of likely N-dealkylation sites (N-methyl/N-ethyl adjacent to an activating group) is 1. The molecule has 1 saturated heterocycles. The predicted molar refractivity (Wildman–Crippen MR) is 116 cm³/mol. The van der Waals surface area contributed by atoms with Crippen LogP contribution < -0.4 is 20.2 Å². The van der Waals surface area contributed by atoms with E-state index in [9.17, 15) is 9.59 Å². The number of amides is 1. The summed E-state index contributed by atoms with van der Waals surface area (Å²) in [7, 11) is 5.11. The zero-order chi connectivity index (χ0) is 21.3. The molecule has 2 heterocycles. The molecule has 4 rings (SSSR count). The van der Waals surface area contributed by atoms with Crippen molar-refractivity contribution in [2.75, 3.05) is 59.3 Å². The van der Waals surface area contributed by atoms with Crippen LogP contribution in [0.4, 0.5) is 5.69 Å². The van der Waals surface area contributed by atoms with Gasteiger partial charge in [-0.15, -0.1) is 0 Å². The summed E-state index contributed by atoms with van der Waals surface area (Å²) >= 11 is 0. The van der Waals surface area contributed by atoms with E-state index in [1.807, 2.05) is 0 Å². The van der Waals surface area contributed by atoms with Gasteiger partial charge in [-0.25, -0.2) is 0 Å². The van der Waals surface area contributed by atoms with Gasteiger partial charge < -0.3 is 24.1 Å². The van der Waals surface area contributed by atoms with Gasteiger partial charge in [-0.2, -0.15) is 0 Å². The van der Waals surface area contributed by atoms with Crippen LogP contribution in [0.1, 0.15) is 0 Å². The van der Waals surface area contributed by atoms with Crippen LogP contribution in [-0.4, -0.2) is 69.7 Å². The number of carbonyl (C=O) groups excluding carboxylic acids is 1. The van der Waals surface area contributed by atoms with Crippen molar-refractivity contribution in [3.8, 4) is 11.5 Å². The van der Waals surface area contributed by atoms with Crippen LogP contribution in [0.15, 0.2) is 39.5 Å². The predicted octanol–water partition coefficient (Wildman–Crippen LogP) is 2.15. The third-order valence-corrected chi connectivity index (χ3v) is 5.41. The molecule has 3 aromatic rings. The van der Waals surface area contributed by atoms with Gasteiger partial charge in [0.25, 0.3) is 0 Å². The van der Waals surface area contributed by atoms with Crippen molar-refractivity contribution >= 4 is 33.5 Å². The Kier molecular flexibility index (Phi) is 5.61. The van der Waals surface area contributed by atoms with Crippen molar-refractivity contribution in [2.45, 2.75) is 0 Å². The number of fused-ring (bicyclic) bond motifs is 2. The maximum Gasteiger partial charge on any atom is 0.238 e. The van der Waals surface area contributed by atoms with E-state index in [0.29, 0.717) is 45.7 Å². The number of hydrogen-bond acceptors (Lipinski definition) is 7. The summed E-state index contributed by atoms with van der Waals surface area (Å²) in [5.41, 5.74) is 1.15. The highest BCUT2D eigenvalue weighted by molar-refractivity contribution is 5.98. The highest BCUT2D eigenvalue weighted by Crippen LogP contribution is 2.31. The van der Waals surface area contributed by atoms with Crippen molar-refractivity contribution in [3.05, 3.63) is 40.6 Å². The van der Waals surface area contributed by atoms with Crippen LogP contribution in [-0.2, 0) is 4.79 Å². The number of hydrogen-bond donors (Lipinski definition) is 1. The van der Waals surface area contributed by atoms with E-state index in [4.69, 9.17) is 13.9 Å². The Balaban J connectivity index is 1.63. The minimum atomic E-state index is -0.221. The van der Waals surface area contributed by atoms with Gasteiger partial charge in [0, 0.05) is 44.0 Å². The highest BCUT2D eigenvalue weighted by Gasteiger charge is 2.18. The van der Waals surface area contributed by atoms with Crippen LogP contribution in [0.3, 0.4) is 0 Å². The molecule has 8 heteroatoms. The van der Waals surface area contributed by atoms with Gasteiger partial charge >= 0.3 is 0 Å². The molecule has 1 amide bonds. The highest BCUT2D eigenvalue weighted by atomic mass is 16.5.